The fourth-order valence-corrected chi connectivity index (χ4v) is 3.10. The van der Waals surface area contributed by atoms with Crippen LogP contribution in [0.15, 0.2) is 58.6 Å². The number of nitroso groups, excluding NO2 is 1. The molecule has 0 aliphatic heterocycles. The van der Waals surface area contributed by atoms with E-state index in [1.54, 1.807) is 42.5 Å². The average Bonchev–Trinajstić information content (AvgIpc) is 2.72. The SMILES string of the molecule is CC(C)Oc1ccc(Nc2nc(=O)c(C(=O)N=O)cn2Cc2ccc(Cl)cc2)cc1Cl. The number of amides is 1. The van der Waals surface area contributed by atoms with Crippen LogP contribution in [0.3, 0.4) is 0 Å². The number of ether oxygens (including phenoxy) is 1. The fraction of sp³-hybridized carbons (Fsp3) is 0.190. The predicted octanol–water partition coefficient (Wildman–Crippen LogP) is 5.04. The van der Waals surface area contributed by atoms with Crippen LogP contribution >= 0.6 is 23.2 Å². The van der Waals surface area contributed by atoms with E-state index in [1.807, 2.05) is 13.8 Å². The lowest BCUT2D eigenvalue weighted by Crippen LogP contribution is -2.23. The third-order valence-corrected chi connectivity index (χ3v) is 4.67. The Morgan fingerprint density at radius 2 is 1.90 bits per heavy atom. The number of rotatable bonds is 7. The van der Waals surface area contributed by atoms with Gasteiger partial charge in [0.25, 0.3) is 5.56 Å². The number of anilines is 2. The molecule has 0 saturated carbocycles. The Morgan fingerprint density at radius 1 is 1.19 bits per heavy atom. The van der Waals surface area contributed by atoms with Gasteiger partial charge in [-0.3, -0.25) is 9.59 Å². The lowest BCUT2D eigenvalue weighted by molar-refractivity contribution is 0.0998. The molecular weight excluding hydrogens is 443 g/mol. The van der Waals surface area contributed by atoms with E-state index in [4.69, 9.17) is 27.9 Å². The van der Waals surface area contributed by atoms with E-state index >= 15 is 0 Å². The Bertz CT molecular complexity index is 1180. The molecule has 1 aromatic heterocycles. The maximum atomic E-state index is 12.3. The number of benzene rings is 2. The number of nitrogens with zero attached hydrogens (tertiary/aromatic N) is 3. The van der Waals surface area contributed by atoms with Crippen molar-refractivity contribution in [1.82, 2.24) is 9.55 Å². The summed E-state index contributed by atoms with van der Waals surface area (Å²) in [7, 11) is 0. The van der Waals surface area contributed by atoms with Crippen molar-refractivity contribution in [1.29, 1.82) is 0 Å². The van der Waals surface area contributed by atoms with Crippen molar-refractivity contribution in [3.63, 3.8) is 0 Å². The summed E-state index contributed by atoms with van der Waals surface area (Å²) in [5.41, 5.74) is 0.0815. The van der Waals surface area contributed by atoms with E-state index in [2.05, 4.69) is 15.5 Å². The number of halogens is 2. The Balaban J connectivity index is 1.99. The summed E-state index contributed by atoms with van der Waals surface area (Å²) >= 11 is 12.2. The molecule has 0 aliphatic rings. The van der Waals surface area contributed by atoms with Crippen molar-refractivity contribution in [2.45, 2.75) is 26.5 Å². The molecule has 0 spiro atoms. The molecule has 0 aliphatic carbocycles. The van der Waals surface area contributed by atoms with Gasteiger partial charge in [0.1, 0.15) is 11.3 Å². The molecule has 3 rings (SSSR count). The summed E-state index contributed by atoms with van der Waals surface area (Å²) in [6.45, 7) is 4.02. The normalized spacial score (nSPS) is 10.7. The largest absolute Gasteiger partial charge is 0.489 e. The van der Waals surface area contributed by atoms with Crippen molar-refractivity contribution >= 4 is 40.7 Å². The molecular formula is C21H18Cl2N4O4. The van der Waals surface area contributed by atoms with Gasteiger partial charge in [-0.15, -0.1) is 4.91 Å². The van der Waals surface area contributed by atoms with Gasteiger partial charge in [-0.2, -0.15) is 4.98 Å². The first kappa shape index (κ1) is 22.5. The van der Waals surface area contributed by atoms with Gasteiger partial charge < -0.3 is 14.6 Å². The maximum absolute atomic E-state index is 12.3. The Morgan fingerprint density at radius 3 is 2.52 bits per heavy atom. The minimum absolute atomic E-state index is 0.0426. The maximum Gasteiger partial charge on any atom is 0.323 e. The summed E-state index contributed by atoms with van der Waals surface area (Å²) in [5.74, 6) is -0.519. The molecule has 10 heteroatoms. The van der Waals surface area contributed by atoms with Crippen LogP contribution in [-0.4, -0.2) is 21.6 Å². The Kier molecular flexibility index (Phi) is 7.04. The average molecular weight is 461 g/mol. The van der Waals surface area contributed by atoms with E-state index in [0.29, 0.717) is 21.5 Å². The molecule has 1 heterocycles. The van der Waals surface area contributed by atoms with Crippen LogP contribution < -0.4 is 15.6 Å². The monoisotopic (exact) mass is 460 g/mol. The highest BCUT2D eigenvalue weighted by molar-refractivity contribution is 6.32. The molecule has 8 nitrogen and oxygen atoms in total. The van der Waals surface area contributed by atoms with Crippen LogP contribution in [0.1, 0.15) is 29.8 Å². The van der Waals surface area contributed by atoms with Crippen LogP contribution in [0, 0.1) is 4.91 Å². The second-order valence-corrected chi connectivity index (χ2v) is 7.71. The van der Waals surface area contributed by atoms with E-state index in [1.165, 1.54) is 10.8 Å². The minimum Gasteiger partial charge on any atom is -0.489 e. The van der Waals surface area contributed by atoms with E-state index in [0.717, 1.165) is 5.56 Å². The van der Waals surface area contributed by atoms with Gasteiger partial charge in [0, 0.05) is 22.1 Å². The summed E-state index contributed by atoms with van der Waals surface area (Å²) in [5, 5.41) is 6.29. The van der Waals surface area contributed by atoms with Gasteiger partial charge in [0.15, 0.2) is 0 Å². The molecule has 0 fully saturated rings. The van der Waals surface area contributed by atoms with Gasteiger partial charge in [-0.05, 0) is 49.7 Å². The molecule has 0 bridgehead atoms. The topological polar surface area (TPSA) is 103 Å². The quantitative estimate of drug-likeness (QED) is 0.495. The van der Waals surface area contributed by atoms with Gasteiger partial charge in [0.05, 0.1) is 17.7 Å². The molecule has 1 amide bonds. The van der Waals surface area contributed by atoms with Gasteiger partial charge >= 0.3 is 5.91 Å². The molecule has 0 saturated heterocycles. The number of nitrogens with one attached hydrogen (secondary N) is 1. The van der Waals surface area contributed by atoms with Gasteiger partial charge in [-0.25, -0.2) is 0 Å². The number of hydrogen-bond donors (Lipinski definition) is 1. The molecule has 1 N–H and O–H groups in total. The van der Waals surface area contributed by atoms with E-state index in [-0.39, 0.29) is 18.6 Å². The number of carbonyl (C=O) groups is 1. The predicted molar refractivity (Wildman–Crippen MR) is 120 cm³/mol. The first-order valence-corrected chi connectivity index (χ1v) is 9.99. The van der Waals surface area contributed by atoms with Crippen molar-refractivity contribution in [2.24, 2.45) is 5.18 Å². The molecule has 160 valence electrons. The second kappa shape index (κ2) is 9.72. The third-order valence-electron chi connectivity index (χ3n) is 4.13. The molecule has 0 radical (unpaired) electrons. The van der Waals surface area contributed by atoms with Crippen LogP contribution in [0.25, 0.3) is 0 Å². The highest BCUT2D eigenvalue weighted by atomic mass is 35.5. The zero-order valence-corrected chi connectivity index (χ0v) is 18.1. The smallest absolute Gasteiger partial charge is 0.323 e. The lowest BCUT2D eigenvalue weighted by Gasteiger charge is -2.16. The molecule has 0 atom stereocenters. The minimum atomic E-state index is -1.19. The summed E-state index contributed by atoms with van der Waals surface area (Å²) in [6.07, 6.45) is 1.20. The zero-order valence-electron chi connectivity index (χ0n) is 16.6. The van der Waals surface area contributed by atoms with Crippen molar-refractivity contribution in [3.8, 4) is 5.75 Å². The fourth-order valence-electron chi connectivity index (χ4n) is 2.75. The van der Waals surface area contributed by atoms with Crippen LogP contribution in [-0.2, 0) is 6.54 Å². The standard InChI is InChI=1S/C21H18Cl2N4O4/c1-12(2)31-18-8-7-15(9-17(18)23)24-21-25-19(28)16(20(29)26-30)11-27(21)10-13-3-5-14(22)6-4-13/h3-9,11-12H,10H2,1-2H3,(H,24,25,28). The van der Waals surface area contributed by atoms with Crippen molar-refractivity contribution in [2.75, 3.05) is 5.32 Å². The van der Waals surface area contributed by atoms with Gasteiger partial charge in [-0.1, -0.05) is 35.3 Å². The highest BCUT2D eigenvalue weighted by Gasteiger charge is 2.17. The van der Waals surface area contributed by atoms with Crippen LogP contribution in [0.5, 0.6) is 5.75 Å². The molecule has 2 aromatic carbocycles. The van der Waals surface area contributed by atoms with E-state index in [9.17, 15) is 14.5 Å². The molecule has 3 aromatic rings. The van der Waals surface area contributed by atoms with Crippen LogP contribution in [0.2, 0.25) is 10.0 Å². The first-order valence-electron chi connectivity index (χ1n) is 9.23. The van der Waals surface area contributed by atoms with E-state index < -0.39 is 17.0 Å². The summed E-state index contributed by atoms with van der Waals surface area (Å²) in [6, 6.07) is 12.1. The number of aromatic nitrogens is 2. The Hall–Kier alpha value is -3.23. The first-order chi connectivity index (χ1) is 14.8. The van der Waals surface area contributed by atoms with Gasteiger partial charge in [0.2, 0.25) is 5.95 Å². The third kappa shape index (κ3) is 5.68. The second-order valence-electron chi connectivity index (χ2n) is 6.87. The highest BCUT2D eigenvalue weighted by Crippen LogP contribution is 2.29. The summed E-state index contributed by atoms with van der Waals surface area (Å²) in [4.78, 5) is 38.6. The van der Waals surface area contributed by atoms with Crippen molar-refractivity contribution < 1.29 is 9.53 Å². The molecule has 31 heavy (non-hydrogen) atoms. The van der Waals surface area contributed by atoms with Crippen LogP contribution in [0.4, 0.5) is 11.6 Å². The zero-order chi connectivity index (χ0) is 22.5. The lowest BCUT2D eigenvalue weighted by atomic mass is 10.2. The Labute approximate surface area is 187 Å². The number of carbonyl (C=O) groups excluding carboxylic acids is 1. The summed E-state index contributed by atoms with van der Waals surface area (Å²) < 4.78 is 7.14. The molecule has 0 unspecified atom stereocenters. The van der Waals surface area contributed by atoms with Crippen molar-refractivity contribution in [3.05, 3.63) is 85.1 Å². The number of hydrogen-bond acceptors (Lipinski definition) is 6.